The summed E-state index contributed by atoms with van der Waals surface area (Å²) in [7, 11) is -1.59. The van der Waals surface area contributed by atoms with Gasteiger partial charge in [-0.15, -0.1) is 0 Å². The van der Waals surface area contributed by atoms with Crippen LogP contribution in [0.5, 0.6) is 5.75 Å². The molecule has 2 saturated heterocycles. The van der Waals surface area contributed by atoms with Crippen molar-refractivity contribution in [1.29, 1.82) is 0 Å². The van der Waals surface area contributed by atoms with Crippen molar-refractivity contribution in [2.24, 2.45) is 4.99 Å². The maximum Gasteiger partial charge on any atom is 0.303 e. The van der Waals surface area contributed by atoms with Crippen LogP contribution in [0.3, 0.4) is 0 Å². The molecule has 10 heteroatoms. The lowest BCUT2D eigenvalue weighted by molar-refractivity contribution is -0.137. The van der Waals surface area contributed by atoms with Gasteiger partial charge in [0.15, 0.2) is 15.0 Å². The van der Waals surface area contributed by atoms with E-state index in [1.165, 1.54) is 11.8 Å². The van der Waals surface area contributed by atoms with Crippen molar-refractivity contribution in [3.63, 3.8) is 0 Å². The fourth-order valence-electron chi connectivity index (χ4n) is 3.18. The van der Waals surface area contributed by atoms with Gasteiger partial charge < -0.3 is 14.7 Å². The highest BCUT2D eigenvalue weighted by molar-refractivity contribution is 8.16. The van der Waals surface area contributed by atoms with E-state index in [0.29, 0.717) is 16.6 Å². The summed E-state index contributed by atoms with van der Waals surface area (Å²) in [4.78, 5) is 28.7. The van der Waals surface area contributed by atoms with Crippen molar-refractivity contribution in [3.05, 3.63) is 24.3 Å². The number of carbonyl (C=O) groups excluding carboxylic acids is 1. The number of carboxylic acid groups (broad SMARTS) is 1. The number of methoxy groups -OCH3 is 1. The number of aliphatic imine (C=N–C) groups is 1. The predicted octanol–water partition coefficient (Wildman–Crippen LogP) is 1.55. The molecule has 1 aromatic carbocycles. The molecule has 0 aromatic heterocycles. The van der Waals surface area contributed by atoms with Crippen LogP contribution in [-0.4, -0.2) is 60.5 Å². The van der Waals surface area contributed by atoms with E-state index in [-0.39, 0.29) is 42.1 Å². The fraction of sp³-hybridized carbons (Fsp3) is 0.471. The standard InChI is InChI=1S/C17H20N2O6S2/c1-25-12-5-2-4-11(8-12)19-13-9-27(23,24)10-14(13)26-17(19)18-15(20)6-3-7-16(21)22/h2,4-5,8,13-14H,3,6-7,9-10H2,1H3,(H,21,22)/t13-,14-/m1/s1. The van der Waals surface area contributed by atoms with Gasteiger partial charge in [-0.05, 0) is 18.6 Å². The van der Waals surface area contributed by atoms with Crippen molar-refractivity contribution >= 4 is 44.3 Å². The zero-order valence-corrected chi connectivity index (χ0v) is 16.3. The molecule has 3 rings (SSSR count). The Hall–Kier alpha value is -2.07. The fourth-order valence-corrected chi connectivity index (χ4v) is 7.11. The number of benzene rings is 1. The van der Waals surface area contributed by atoms with E-state index >= 15 is 0 Å². The monoisotopic (exact) mass is 412 g/mol. The number of carbonyl (C=O) groups is 2. The number of amides is 1. The molecule has 27 heavy (non-hydrogen) atoms. The Morgan fingerprint density at radius 3 is 2.81 bits per heavy atom. The van der Waals surface area contributed by atoms with Crippen LogP contribution in [0.25, 0.3) is 0 Å². The third-order valence-corrected chi connectivity index (χ3v) is 7.61. The highest BCUT2D eigenvalue weighted by atomic mass is 32.2. The number of amidine groups is 1. The Morgan fingerprint density at radius 1 is 1.33 bits per heavy atom. The van der Waals surface area contributed by atoms with Crippen LogP contribution in [0.4, 0.5) is 5.69 Å². The third-order valence-electron chi connectivity index (χ3n) is 4.40. The summed E-state index contributed by atoms with van der Waals surface area (Å²) in [6.45, 7) is 0. The third kappa shape index (κ3) is 4.62. The lowest BCUT2D eigenvalue weighted by Gasteiger charge is -2.24. The topological polar surface area (TPSA) is 113 Å². The first-order chi connectivity index (χ1) is 12.8. The molecule has 2 aliphatic heterocycles. The molecule has 0 aliphatic carbocycles. The lowest BCUT2D eigenvalue weighted by Crippen LogP contribution is -2.37. The molecule has 1 amide bonds. The highest BCUT2D eigenvalue weighted by Gasteiger charge is 2.49. The van der Waals surface area contributed by atoms with Gasteiger partial charge in [-0.3, -0.25) is 9.59 Å². The average molecular weight is 412 g/mol. The molecule has 0 bridgehead atoms. The van der Waals surface area contributed by atoms with Gasteiger partial charge in [-0.25, -0.2) is 8.42 Å². The first-order valence-corrected chi connectivity index (χ1v) is 11.1. The molecule has 2 aliphatic rings. The number of hydrogen-bond acceptors (Lipinski definition) is 6. The Labute approximate surface area is 161 Å². The van der Waals surface area contributed by atoms with Crippen LogP contribution in [0.15, 0.2) is 29.3 Å². The normalized spacial score (nSPS) is 24.8. The maximum atomic E-state index is 12.2. The van der Waals surface area contributed by atoms with Crippen LogP contribution in [0, 0.1) is 0 Å². The van der Waals surface area contributed by atoms with E-state index in [4.69, 9.17) is 9.84 Å². The lowest BCUT2D eigenvalue weighted by atomic mass is 10.2. The van der Waals surface area contributed by atoms with E-state index in [1.807, 2.05) is 6.07 Å². The van der Waals surface area contributed by atoms with Crippen molar-refractivity contribution < 1.29 is 27.9 Å². The quantitative estimate of drug-likeness (QED) is 0.749. The molecule has 2 fully saturated rings. The van der Waals surface area contributed by atoms with E-state index in [0.717, 1.165) is 0 Å². The van der Waals surface area contributed by atoms with Gasteiger partial charge in [0.1, 0.15) is 5.75 Å². The van der Waals surface area contributed by atoms with Gasteiger partial charge in [0, 0.05) is 29.8 Å². The first-order valence-electron chi connectivity index (χ1n) is 8.43. The molecule has 0 spiro atoms. The number of aliphatic carboxylic acids is 1. The summed E-state index contributed by atoms with van der Waals surface area (Å²) in [6.07, 6.45) is 0.165. The molecule has 1 N–H and O–H groups in total. The summed E-state index contributed by atoms with van der Waals surface area (Å²) in [5.41, 5.74) is 0.712. The minimum atomic E-state index is -3.14. The van der Waals surface area contributed by atoms with Gasteiger partial charge in [-0.2, -0.15) is 4.99 Å². The highest BCUT2D eigenvalue weighted by Crippen LogP contribution is 2.41. The summed E-state index contributed by atoms with van der Waals surface area (Å²) in [6, 6.07) is 6.88. The van der Waals surface area contributed by atoms with Crippen molar-refractivity contribution in [1.82, 2.24) is 0 Å². The molecular weight excluding hydrogens is 392 g/mol. The smallest absolute Gasteiger partial charge is 0.303 e. The zero-order valence-electron chi connectivity index (χ0n) is 14.7. The Kier molecular flexibility index (Phi) is 5.75. The van der Waals surface area contributed by atoms with Crippen molar-refractivity contribution in [2.45, 2.75) is 30.6 Å². The predicted molar refractivity (Wildman–Crippen MR) is 103 cm³/mol. The minimum Gasteiger partial charge on any atom is -0.497 e. The molecule has 1 aromatic rings. The van der Waals surface area contributed by atoms with Gasteiger partial charge in [0.2, 0.25) is 5.91 Å². The number of hydrogen-bond donors (Lipinski definition) is 1. The number of anilines is 1. The summed E-state index contributed by atoms with van der Waals surface area (Å²) >= 11 is 1.29. The van der Waals surface area contributed by atoms with Crippen LogP contribution >= 0.6 is 11.8 Å². The number of ether oxygens (including phenoxy) is 1. The second kappa shape index (κ2) is 7.89. The second-order valence-electron chi connectivity index (χ2n) is 6.41. The largest absolute Gasteiger partial charge is 0.497 e. The molecule has 0 saturated carbocycles. The number of rotatable bonds is 6. The number of sulfone groups is 1. The second-order valence-corrected chi connectivity index (χ2v) is 9.77. The zero-order chi connectivity index (χ0) is 19.6. The molecule has 0 unspecified atom stereocenters. The van der Waals surface area contributed by atoms with Gasteiger partial charge in [0.05, 0.1) is 24.7 Å². The van der Waals surface area contributed by atoms with Crippen LogP contribution in [0.2, 0.25) is 0 Å². The summed E-state index contributed by atoms with van der Waals surface area (Å²) in [5, 5.41) is 8.94. The number of thioether (sulfide) groups is 1. The van der Waals surface area contributed by atoms with E-state index < -0.39 is 21.7 Å². The van der Waals surface area contributed by atoms with Gasteiger partial charge >= 0.3 is 5.97 Å². The first kappa shape index (κ1) is 19.7. The van der Waals surface area contributed by atoms with E-state index in [1.54, 1.807) is 30.2 Å². The minimum absolute atomic E-state index is 0.00804. The Balaban J connectivity index is 1.87. The van der Waals surface area contributed by atoms with E-state index in [2.05, 4.69) is 4.99 Å². The number of carboxylic acids is 1. The van der Waals surface area contributed by atoms with E-state index in [9.17, 15) is 18.0 Å². The van der Waals surface area contributed by atoms with Crippen LogP contribution < -0.4 is 9.64 Å². The number of fused-ring (bicyclic) bond motifs is 1. The Bertz CT molecular complexity index is 883. The Morgan fingerprint density at radius 2 is 2.11 bits per heavy atom. The van der Waals surface area contributed by atoms with Crippen molar-refractivity contribution in [2.75, 3.05) is 23.5 Å². The van der Waals surface area contributed by atoms with Crippen LogP contribution in [0.1, 0.15) is 19.3 Å². The SMILES string of the molecule is COc1cccc(N2C(=NC(=O)CCCC(=O)O)S[C@@H]3CS(=O)(=O)C[C@H]32)c1. The van der Waals surface area contributed by atoms with Crippen LogP contribution in [-0.2, 0) is 19.4 Å². The molecule has 2 heterocycles. The molecule has 2 atom stereocenters. The summed E-state index contributed by atoms with van der Waals surface area (Å²) < 4.78 is 29.3. The number of nitrogens with zero attached hydrogens (tertiary/aromatic N) is 2. The molecule has 146 valence electrons. The average Bonchev–Trinajstić information content (AvgIpc) is 3.05. The molecular formula is C17H20N2O6S2. The summed E-state index contributed by atoms with van der Waals surface area (Å²) in [5.74, 6) is -0.685. The van der Waals surface area contributed by atoms with Gasteiger partial charge in [0.25, 0.3) is 0 Å². The molecule has 8 nitrogen and oxygen atoms in total. The maximum absolute atomic E-state index is 12.2. The van der Waals surface area contributed by atoms with Gasteiger partial charge in [-0.1, -0.05) is 17.8 Å². The molecule has 0 radical (unpaired) electrons. The van der Waals surface area contributed by atoms with Crippen molar-refractivity contribution in [3.8, 4) is 5.75 Å².